The Morgan fingerprint density at radius 2 is 1.89 bits per heavy atom. The number of amides is 3. The highest BCUT2D eigenvalue weighted by Gasteiger charge is 2.54. The van der Waals surface area contributed by atoms with Crippen molar-refractivity contribution in [2.75, 3.05) is 27.1 Å². The summed E-state index contributed by atoms with van der Waals surface area (Å²) in [5.74, 6) is 0.569. The fraction of sp³-hybridized carbons (Fsp3) is 0.464. The third-order valence-corrected chi connectivity index (χ3v) is 7.57. The average Bonchev–Trinajstić information content (AvgIpc) is 3.46. The Bertz CT molecular complexity index is 1140. The minimum absolute atomic E-state index is 0.0251. The van der Waals surface area contributed by atoms with Crippen molar-refractivity contribution in [3.8, 4) is 11.5 Å². The number of rotatable bonds is 8. The number of imide groups is 1. The molecule has 2 fully saturated rings. The Morgan fingerprint density at radius 1 is 1.08 bits per heavy atom. The van der Waals surface area contributed by atoms with Gasteiger partial charge in [0.05, 0.1) is 12.0 Å². The predicted octanol–water partition coefficient (Wildman–Crippen LogP) is 3.42. The molecule has 8 nitrogen and oxygen atoms in total. The molecule has 2 atom stereocenters. The number of methoxy groups -OCH3 is 1. The number of nitrogens with zero attached hydrogens (tertiary/aromatic N) is 2. The lowest BCUT2D eigenvalue weighted by Gasteiger charge is -2.38. The molecule has 0 bridgehead atoms. The molecule has 2 unspecified atom stereocenters. The lowest BCUT2D eigenvalue weighted by molar-refractivity contribution is -0.144. The van der Waals surface area contributed by atoms with Crippen molar-refractivity contribution in [3.05, 3.63) is 59.7 Å². The van der Waals surface area contributed by atoms with Gasteiger partial charge in [0.2, 0.25) is 24.5 Å². The quantitative estimate of drug-likeness (QED) is 0.525. The van der Waals surface area contributed by atoms with Crippen LogP contribution in [-0.2, 0) is 31.1 Å². The SMILES string of the molecule is COCCC1CCCCN1C(=O)CC1(c2ccccc2)CC(=O)N(Cc2ccc3c(c2)OCO3)C1=O. The predicted molar refractivity (Wildman–Crippen MR) is 131 cm³/mol. The van der Waals surface area contributed by atoms with Crippen LogP contribution < -0.4 is 9.47 Å². The van der Waals surface area contributed by atoms with Crippen LogP contribution in [0.3, 0.4) is 0 Å². The topological polar surface area (TPSA) is 85.4 Å². The number of fused-ring (bicyclic) bond motifs is 1. The van der Waals surface area contributed by atoms with Crippen LogP contribution in [0.2, 0.25) is 0 Å². The monoisotopic (exact) mass is 492 g/mol. The highest BCUT2D eigenvalue weighted by Crippen LogP contribution is 2.42. The number of ether oxygens (including phenoxy) is 3. The molecule has 0 spiro atoms. The number of piperidine rings is 1. The first kappa shape index (κ1) is 24.3. The van der Waals surface area contributed by atoms with Gasteiger partial charge >= 0.3 is 0 Å². The summed E-state index contributed by atoms with van der Waals surface area (Å²) in [7, 11) is 1.66. The van der Waals surface area contributed by atoms with Crippen LogP contribution in [0.4, 0.5) is 0 Å². The van der Waals surface area contributed by atoms with Gasteiger partial charge in [-0.15, -0.1) is 0 Å². The molecule has 3 aliphatic rings. The summed E-state index contributed by atoms with van der Waals surface area (Å²) < 4.78 is 16.1. The summed E-state index contributed by atoms with van der Waals surface area (Å²) >= 11 is 0. The zero-order valence-corrected chi connectivity index (χ0v) is 20.6. The molecule has 36 heavy (non-hydrogen) atoms. The van der Waals surface area contributed by atoms with Crippen LogP contribution in [0.15, 0.2) is 48.5 Å². The molecule has 190 valence electrons. The average molecular weight is 493 g/mol. The smallest absolute Gasteiger partial charge is 0.241 e. The van der Waals surface area contributed by atoms with E-state index in [1.54, 1.807) is 19.2 Å². The van der Waals surface area contributed by atoms with Crippen molar-refractivity contribution in [2.24, 2.45) is 0 Å². The van der Waals surface area contributed by atoms with E-state index in [4.69, 9.17) is 14.2 Å². The lowest BCUT2D eigenvalue weighted by Crippen LogP contribution is -2.48. The first-order valence-electron chi connectivity index (χ1n) is 12.6. The number of likely N-dealkylation sites (tertiary alicyclic amines) is 2. The Balaban J connectivity index is 1.42. The van der Waals surface area contributed by atoms with E-state index in [0.717, 1.165) is 31.2 Å². The molecule has 0 aromatic heterocycles. The Morgan fingerprint density at radius 3 is 2.69 bits per heavy atom. The molecular formula is C28H32N2O6. The van der Waals surface area contributed by atoms with Crippen LogP contribution in [0, 0.1) is 0 Å². The van der Waals surface area contributed by atoms with Crippen molar-refractivity contribution in [3.63, 3.8) is 0 Å². The number of hydrogen-bond acceptors (Lipinski definition) is 6. The zero-order valence-electron chi connectivity index (χ0n) is 20.6. The van der Waals surface area contributed by atoms with E-state index in [9.17, 15) is 14.4 Å². The molecular weight excluding hydrogens is 460 g/mol. The van der Waals surface area contributed by atoms with Gasteiger partial charge in [-0.05, 0) is 48.9 Å². The van der Waals surface area contributed by atoms with Crippen molar-refractivity contribution in [2.45, 2.75) is 56.5 Å². The van der Waals surface area contributed by atoms with Crippen molar-refractivity contribution in [1.82, 2.24) is 9.80 Å². The third kappa shape index (κ3) is 4.57. The summed E-state index contributed by atoms with van der Waals surface area (Å²) in [6.45, 7) is 1.53. The van der Waals surface area contributed by atoms with Gasteiger partial charge in [-0.25, -0.2) is 0 Å². The van der Waals surface area contributed by atoms with Gasteiger partial charge in [0, 0.05) is 39.1 Å². The second kappa shape index (κ2) is 10.3. The normalized spacial score (nSPS) is 23.4. The molecule has 3 amide bonds. The summed E-state index contributed by atoms with van der Waals surface area (Å²) in [6, 6.07) is 14.8. The highest BCUT2D eigenvalue weighted by molar-refractivity contribution is 6.10. The first-order valence-corrected chi connectivity index (χ1v) is 12.6. The maximum absolute atomic E-state index is 14.0. The molecule has 0 aliphatic carbocycles. The summed E-state index contributed by atoms with van der Waals surface area (Å²) in [6.07, 6.45) is 3.66. The molecule has 2 saturated heterocycles. The fourth-order valence-electron chi connectivity index (χ4n) is 5.65. The summed E-state index contributed by atoms with van der Waals surface area (Å²) in [4.78, 5) is 44.2. The van der Waals surface area contributed by atoms with Crippen molar-refractivity contribution in [1.29, 1.82) is 0 Å². The van der Waals surface area contributed by atoms with Crippen molar-refractivity contribution < 1.29 is 28.6 Å². The van der Waals surface area contributed by atoms with Gasteiger partial charge < -0.3 is 19.1 Å². The Labute approximate surface area is 211 Å². The van der Waals surface area contributed by atoms with E-state index in [1.165, 1.54) is 4.90 Å². The molecule has 8 heteroatoms. The molecule has 2 aromatic carbocycles. The number of hydrogen-bond donors (Lipinski definition) is 0. The van der Waals surface area contributed by atoms with E-state index >= 15 is 0 Å². The number of benzene rings is 2. The van der Waals surface area contributed by atoms with Gasteiger partial charge in [-0.1, -0.05) is 36.4 Å². The fourth-order valence-corrected chi connectivity index (χ4v) is 5.65. The standard InChI is InChI=1S/C28H32N2O6/c1-34-14-12-22-9-5-6-13-29(22)25(31)16-28(21-7-3-2-4-8-21)17-26(32)30(27(28)33)18-20-10-11-23-24(15-20)36-19-35-23/h2-4,7-8,10-11,15,22H,5-6,9,12-14,16-19H2,1H3. The van der Waals surface area contributed by atoms with Gasteiger partial charge in [-0.3, -0.25) is 19.3 Å². The maximum Gasteiger partial charge on any atom is 0.241 e. The van der Waals surface area contributed by atoms with Gasteiger partial charge in [0.1, 0.15) is 0 Å². The van der Waals surface area contributed by atoms with Crippen LogP contribution in [0.25, 0.3) is 0 Å². The molecule has 2 aromatic rings. The van der Waals surface area contributed by atoms with Crippen LogP contribution in [-0.4, -0.2) is 60.6 Å². The maximum atomic E-state index is 14.0. The highest BCUT2D eigenvalue weighted by atomic mass is 16.7. The largest absolute Gasteiger partial charge is 0.454 e. The van der Waals surface area contributed by atoms with Crippen LogP contribution in [0.5, 0.6) is 11.5 Å². The number of carbonyl (C=O) groups excluding carboxylic acids is 3. The van der Waals surface area contributed by atoms with Gasteiger partial charge in [0.15, 0.2) is 11.5 Å². The van der Waals surface area contributed by atoms with Crippen LogP contribution >= 0.6 is 0 Å². The molecule has 3 heterocycles. The zero-order chi connectivity index (χ0) is 25.1. The minimum Gasteiger partial charge on any atom is -0.454 e. The summed E-state index contributed by atoms with van der Waals surface area (Å²) in [5, 5.41) is 0. The van der Waals surface area contributed by atoms with Gasteiger partial charge in [0.25, 0.3) is 0 Å². The van der Waals surface area contributed by atoms with E-state index in [-0.39, 0.29) is 49.9 Å². The summed E-state index contributed by atoms with van der Waals surface area (Å²) in [5.41, 5.74) is 0.261. The van der Waals surface area contributed by atoms with E-state index in [1.807, 2.05) is 41.3 Å². The van der Waals surface area contributed by atoms with E-state index in [2.05, 4.69) is 0 Å². The van der Waals surface area contributed by atoms with E-state index in [0.29, 0.717) is 30.2 Å². The van der Waals surface area contributed by atoms with Gasteiger partial charge in [-0.2, -0.15) is 0 Å². The van der Waals surface area contributed by atoms with Crippen molar-refractivity contribution >= 4 is 17.7 Å². The Hall–Kier alpha value is -3.39. The molecule has 0 radical (unpaired) electrons. The third-order valence-electron chi connectivity index (χ3n) is 7.57. The minimum atomic E-state index is -1.21. The molecule has 0 N–H and O–H groups in total. The van der Waals surface area contributed by atoms with E-state index < -0.39 is 5.41 Å². The second-order valence-electron chi connectivity index (χ2n) is 9.79. The first-order chi connectivity index (χ1) is 17.5. The molecule has 0 saturated carbocycles. The lowest BCUT2D eigenvalue weighted by atomic mass is 9.75. The molecule has 3 aliphatic heterocycles. The second-order valence-corrected chi connectivity index (χ2v) is 9.79. The Kier molecular flexibility index (Phi) is 6.96. The number of carbonyl (C=O) groups is 3. The molecule has 5 rings (SSSR count). The van der Waals surface area contributed by atoms with Crippen LogP contribution in [0.1, 0.15) is 49.7 Å².